The predicted octanol–water partition coefficient (Wildman–Crippen LogP) is 1.43. The van der Waals surface area contributed by atoms with E-state index in [-0.39, 0.29) is 11.3 Å². The van der Waals surface area contributed by atoms with Crippen LogP contribution in [0.2, 0.25) is 0 Å². The molecule has 2 N–H and O–H groups in total. The first kappa shape index (κ1) is 17.5. The summed E-state index contributed by atoms with van der Waals surface area (Å²) in [5.74, 6) is -4.54. The van der Waals surface area contributed by atoms with E-state index < -0.39 is 43.3 Å². The highest BCUT2D eigenvalue weighted by atomic mass is 19.3. The van der Waals surface area contributed by atoms with Crippen molar-refractivity contribution in [3.05, 3.63) is 36.0 Å². The van der Waals surface area contributed by atoms with Gasteiger partial charge in [0.05, 0.1) is 30.2 Å². The fourth-order valence-electron chi connectivity index (χ4n) is 2.88. The van der Waals surface area contributed by atoms with Crippen molar-refractivity contribution in [1.82, 2.24) is 15.2 Å². The van der Waals surface area contributed by atoms with Crippen LogP contribution in [0.1, 0.15) is 16.8 Å². The van der Waals surface area contributed by atoms with E-state index in [0.717, 1.165) is 4.90 Å². The zero-order valence-corrected chi connectivity index (χ0v) is 13.4. The van der Waals surface area contributed by atoms with Crippen molar-refractivity contribution in [3.8, 4) is 11.8 Å². The number of halogens is 2. The smallest absolute Gasteiger partial charge is 0.268 e. The van der Waals surface area contributed by atoms with Crippen molar-refractivity contribution in [2.45, 2.75) is 18.4 Å². The van der Waals surface area contributed by atoms with Crippen LogP contribution in [0.25, 0.3) is 10.9 Å². The minimum atomic E-state index is -3.11. The third-order valence-corrected chi connectivity index (χ3v) is 4.11. The summed E-state index contributed by atoms with van der Waals surface area (Å²) in [5.41, 5.74) is 0.660. The molecule has 2 heterocycles. The quantitative estimate of drug-likeness (QED) is 0.861. The number of benzene rings is 1. The van der Waals surface area contributed by atoms with Gasteiger partial charge < -0.3 is 15.3 Å². The Balaban J connectivity index is 1.73. The molecule has 0 aliphatic carbocycles. The van der Waals surface area contributed by atoms with Crippen molar-refractivity contribution in [2.75, 3.05) is 13.1 Å². The summed E-state index contributed by atoms with van der Waals surface area (Å²) < 4.78 is 26.8. The molecule has 1 aliphatic rings. The highest BCUT2D eigenvalue weighted by Gasteiger charge is 2.47. The van der Waals surface area contributed by atoms with E-state index in [4.69, 9.17) is 5.26 Å². The largest absolute Gasteiger partial charge is 0.508 e. The fourth-order valence-corrected chi connectivity index (χ4v) is 2.88. The Bertz CT molecular complexity index is 926. The van der Waals surface area contributed by atoms with E-state index in [1.165, 1.54) is 30.5 Å². The Morgan fingerprint density at radius 3 is 2.92 bits per heavy atom. The van der Waals surface area contributed by atoms with Gasteiger partial charge in [-0.3, -0.25) is 14.6 Å². The summed E-state index contributed by atoms with van der Waals surface area (Å²) in [6.07, 6.45) is 0.695. The molecule has 0 saturated carbocycles. The molecule has 0 radical (unpaired) electrons. The van der Waals surface area contributed by atoms with Crippen LogP contribution in [0.15, 0.2) is 30.5 Å². The number of aromatic nitrogens is 1. The van der Waals surface area contributed by atoms with Crippen LogP contribution in [0.4, 0.5) is 8.78 Å². The Labute approximate surface area is 146 Å². The minimum Gasteiger partial charge on any atom is -0.508 e. The number of nitrogens with zero attached hydrogens (tertiary/aromatic N) is 3. The lowest BCUT2D eigenvalue weighted by Gasteiger charge is -2.19. The summed E-state index contributed by atoms with van der Waals surface area (Å²) in [5, 5.41) is 21.3. The Kier molecular flexibility index (Phi) is 4.42. The van der Waals surface area contributed by atoms with E-state index in [1.807, 2.05) is 0 Å². The van der Waals surface area contributed by atoms with Gasteiger partial charge in [-0.15, -0.1) is 0 Å². The third-order valence-electron chi connectivity index (χ3n) is 4.11. The number of hydrogen-bond donors (Lipinski definition) is 2. The number of carbonyl (C=O) groups excluding carboxylic acids is 2. The molecule has 0 bridgehead atoms. The number of nitriles is 1. The van der Waals surface area contributed by atoms with Crippen LogP contribution in [-0.2, 0) is 4.79 Å². The molecule has 0 spiro atoms. The van der Waals surface area contributed by atoms with Crippen molar-refractivity contribution in [3.63, 3.8) is 0 Å². The third kappa shape index (κ3) is 3.39. The topological polar surface area (TPSA) is 106 Å². The number of aromatic hydroxyl groups is 1. The molecule has 9 heteroatoms. The van der Waals surface area contributed by atoms with E-state index in [2.05, 4.69) is 10.3 Å². The summed E-state index contributed by atoms with van der Waals surface area (Å²) in [6, 6.07) is 6.21. The van der Waals surface area contributed by atoms with Gasteiger partial charge in [-0.05, 0) is 24.3 Å². The van der Waals surface area contributed by atoms with E-state index in [1.54, 1.807) is 6.07 Å². The molecule has 1 atom stereocenters. The van der Waals surface area contributed by atoms with Gasteiger partial charge in [0, 0.05) is 18.0 Å². The zero-order chi connectivity index (χ0) is 18.9. The number of pyridine rings is 1. The number of fused-ring (bicyclic) bond motifs is 1. The first-order valence-corrected chi connectivity index (χ1v) is 7.73. The van der Waals surface area contributed by atoms with E-state index in [9.17, 15) is 23.5 Å². The number of phenolic OH excluding ortho intramolecular Hbond substituents is 1. The fraction of sp³-hybridized carbons (Fsp3) is 0.294. The van der Waals surface area contributed by atoms with Gasteiger partial charge in [-0.1, -0.05) is 0 Å². The van der Waals surface area contributed by atoms with E-state index >= 15 is 0 Å². The summed E-state index contributed by atoms with van der Waals surface area (Å²) in [4.78, 5) is 29.3. The summed E-state index contributed by atoms with van der Waals surface area (Å²) in [6.45, 7) is -1.36. The maximum Gasteiger partial charge on any atom is 0.268 e. The van der Waals surface area contributed by atoms with Gasteiger partial charge in [0.1, 0.15) is 11.8 Å². The maximum atomic E-state index is 13.4. The number of alkyl halides is 2. The number of phenols is 1. The molecule has 134 valence electrons. The van der Waals surface area contributed by atoms with Crippen molar-refractivity contribution in [1.29, 1.82) is 5.26 Å². The summed E-state index contributed by atoms with van der Waals surface area (Å²) in [7, 11) is 0. The van der Waals surface area contributed by atoms with Crippen LogP contribution in [0, 0.1) is 11.3 Å². The molecular weight excluding hydrogens is 346 g/mol. The SMILES string of the molecule is N#CC1CC(F)(F)CN1C(=O)CNC(=O)c1ccnc2ccc(O)cc12. The lowest BCUT2D eigenvalue weighted by Crippen LogP contribution is -2.43. The van der Waals surface area contributed by atoms with Gasteiger partial charge in [-0.25, -0.2) is 8.78 Å². The molecule has 7 nitrogen and oxygen atoms in total. The first-order valence-electron chi connectivity index (χ1n) is 7.73. The average Bonchev–Trinajstić information content (AvgIpc) is 2.93. The Hall–Kier alpha value is -3.28. The number of amides is 2. The lowest BCUT2D eigenvalue weighted by molar-refractivity contribution is -0.131. The second-order valence-corrected chi connectivity index (χ2v) is 5.97. The number of carbonyl (C=O) groups is 2. The van der Waals surface area contributed by atoms with Crippen LogP contribution in [0.5, 0.6) is 5.75 Å². The van der Waals surface area contributed by atoms with Crippen molar-refractivity contribution < 1.29 is 23.5 Å². The minimum absolute atomic E-state index is 0.0493. The molecule has 1 aromatic heterocycles. The molecule has 26 heavy (non-hydrogen) atoms. The highest BCUT2D eigenvalue weighted by Crippen LogP contribution is 2.31. The predicted molar refractivity (Wildman–Crippen MR) is 86.4 cm³/mol. The zero-order valence-electron chi connectivity index (χ0n) is 13.4. The van der Waals surface area contributed by atoms with E-state index in [0.29, 0.717) is 10.9 Å². The number of nitrogens with one attached hydrogen (secondary N) is 1. The standard InChI is InChI=1S/C17H14F2N4O3/c18-17(19)6-10(7-20)23(9-17)15(25)8-22-16(26)12-3-4-21-14-2-1-11(24)5-13(12)14/h1-5,10,24H,6,8-9H2,(H,22,26). The molecule has 1 aromatic carbocycles. The number of hydrogen-bond acceptors (Lipinski definition) is 5. The average molecular weight is 360 g/mol. The second-order valence-electron chi connectivity index (χ2n) is 5.97. The molecule has 3 rings (SSSR count). The molecule has 1 unspecified atom stereocenters. The molecule has 2 amide bonds. The molecule has 1 fully saturated rings. The monoisotopic (exact) mass is 360 g/mol. The second kappa shape index (κ2) is 6.55. The number of rotatable bonds is 3. The van der Waals surface area contributed by atoms with Gasteiger partial charge in [0.15, 0.2) is 0 Å². The molecule has 1 aliphatic heterocycles. The molecular formula is C17H14F2N4O3. The maximum absolute atomic E-state index is 13.4. The van der Waals surface area contributed by atoms with Gasteiger partial charge in [-0.2, -0.15) is 5.26 Å². The van der Waals surface area contributed by atoms with Crippen molar-refractivity contribution in [2.24, 2.45) is 0 Å². The van der Waals surface area contributed by atoms with Crippen LogP contribution in [0.3, 0.4) is 0 Å². The van der Waals surface area contributed by atoms with Crippen LogP contribution in [-0.4, -0.2) is 51.9 Å². The Morgan fingerprint density at radius 1 is 1.42 bits per heavy atom. The molecule has 1 saturated heterocycles. The van der Waals surface area contributed by atoms with Gasteiger partial charge >= 0.3 is 0 Å². The summed E-state index contributed by atoms with van der Waals surface area (Å²) >= 11 is 0. The Morgan fingerprint density at radius 2 is 2.19 bits per heavy atom. The van der Waals surface area contributed by atoms with Crippen LogP contribution < -0.4 is 5.32 Å². The van der Waals surface area contributed by atoms with Gasteiger partial charge in [0.25, 0.3) is 11.8 Å². The first-order chi connectivity index (χ1) is 12.3. The van der Waals surface area contributed by atoms with Crippen LogP contribution >= 0.6 is 0 Å². The molecule has 2 aromatic rings. The highest BCUT2D eigenvalue weighted by molar-refractivity contribution is 6.07. The van der Waals surface area contributed by atoms with Gasteiger partial charge in [0.2, 0.25) is 5.91 Å². The number of likely N-dealkylation sites (tertiary alicyclic amines) is 1. The lowest BCUT2D eigenvalue weighted by atomic mass is 10.1. The normalized spacial score (nSPS) is 18.5. The van der Waals surface area contributed by atoms with Crippen molar-refractivity contribution >= 4 is 22.7 Å².